The molecule has 0 fully saturated rings. The number of hydrogen-bond donors (Lipinski definition) is 2. The average molecular weight is 342 g/mol. The van der Waals surface area contributed by atoms with Gasteiger partial charge in [0.1, 0.15) is 12.4 Å². The molecule has 3 N–H and O–H groups in total. The predicted molar refractivity (Wildman–Crippen MR) is 75.4 cm³/mol. The van der Waals surface area contributed by atoms with Crippen LogP contribution in [0.1, 0.15) is 18.7 Å². The highest BCUT2D eigenvalue weighted by Crippen LogP contribution is 2.19. The molecule has 0 saturated carbocycles. The molecule has 0 aliphatic heterocycles. The summed E-state index contributed by atoms with van der Waals surface area (Å²) >= 11 is 3.15. The number of anilines is 1. The van der Waals surface area contributed by atoms with E-state index in [1.54, 1.807) is 19.2 Å². The van der Waals surface area contributed by atoms with Crippen molar-refractivity contribution < 1.29 is 9.18 Å². The second kappa shape index (κ2) is 6.10. The molecule has 20 heavy (non-hydrogen) atoms. The summed E-state index contributed by atoms with van der Waals surface area (Å²) in [7, 11) is 0. The van der Waals surface area contributed by atoms with E-state index in [0.717, 1.165) is 0 Å². The Bertz CT molecular complexity index is 628. The number of amides is 1. The molecule has 1 aromatic heterocycles. The molecule has 1 aromatic carbocycles. The monoisotopic (exact) mass is 341 g/mol. The van der Waals surface area contributed by atoms with Crippen LogP contribution in [-0.4, -0.2) is 20.9 Å². The van der Waals surface area contributed by atoms with Crippen LogP contribution in [0.5, 0.6) is 0 Å². The lowest BCUT2D eigenvalue weighted by molar-refractivity contribution is -0.116. The minimum Gasteiger partial charge on any atom is -0.323 e. The molecule has 2 rings (SSSR count). The van der Waals surface area contributed by atoms with Crippen molar-refractivity contribution in [3.8, 4) is 0 Å². The highest BCUT2D eigenvalue weighted by molar-refractivity contribution is 9.10. The molecule has 8 heteroatoms. The van der Waals surface area contributed by atoms with Gasteiger partial charge in [-0.25, -0.2) is 9.07 Å². The Labute approximate surface area is 123 Å². The summed E-state index contributed by atoms with van der Waals surface area (Å²) in [5.74, 6) is -0.907. The molecule has 0 aliphatic carbocycles. The number of benzene rings is 1. The molecule has 1 atom stereocenters. The van der Waals surface area contributed by atoms with Gasteiger partial charge in [-0.2, -0.15) is 0 Å². The van der Waals surface area contributed by atoms with Crippen molar-refractivity contribution in [3.63, 3.8) is 0 Å². The smallest absolute Gasteiger partial charge is 0.246 e. The zero-order chi connectivity index (χ0) is 14.7. The number of rotatable bonds is 4. The minimum atomic E-state index is -0.511. The molecular weight excluding hydrogens is 329 g/mol. The van der Waals surface area contributed by atoms with Crippen LogP contribution in [0.2, 0.25) is 0 Å². The molecular formula is C12H13BrFN5O. The summed E-state index contributed by atoms with van der Waals surface area (Å²) in [6.45, 7) is 1.71. The summed E-state index contributed by atoms with van der Waals surface area (Å²) in [6.07, 6.45) is 1.59. The van der Waals surface area contributed by atoms with E-state index in [-0.39, 0.29) is 18.3 Å². The molecule has 0 bridgehead atoms. The van der Waals surface area contributed by atoms with Crippen LogP contribution in [0.25, 0.3) is 0 Å². The van der Waals surface area contributed by atoms with Crippen molar-refractivity contribution in [3.05, 3.63) is 40.4 Å². The summed E-state index contributed by atoms with van der Waals surface area (Å²) < 4.78 is 15.5. The van der Waals surface area contributed by atoms with Gasteiger partial charge in [0.2, 0.25) is 5.91 Å². The van der Waals surface area contributed by atoms with Crippen molar-refractivity contribution in [2.45, 2.75) is 19.5 Å². The van der Waals surface area contributed by atoms with Crippen LogP contribution < -0.4 is 11.1 Å². The summed E-state index contributed by atoms with van der Waals surface area (Å²) in [4.78, 5) is 11.8. The van der Waals surface area contributed by atoms with Gasteiger partial charge in [-0.1, -0.05) is 21.1 Å². The average Bonchev–Trinajstić information content (AvgIpc) is 2.81. The number of aromatic nitrogens is 3. The van der Waals surface area contributed by atoms with Crippen LogP contribution in [0.15, 0.2) is 28.9 Å². The Morgan fingerprint density at radius 3 is 2.95 bits per heavy atom. The molecule has 1 unspecified atom stereocenters. The minimum absolute atomic E-state index is 0.0603. The number of hydrogen-bond acceptors (Lipinski definition) is 4. The number of halogens is 2. The third-order valence-corrected chi connectivity index (χ3v) is 3.03. The highest BCUT2D eigenvalue weighted by atomic mass is 79.9. The largest absolute Gasteiger partial charge is 0.323 e. The molecule has 106 valence electrons. The SMILES string of the molecule is CC(N)c1cn(CC(=O)Nc2ccc(Br)cc2F)nn1. The fourth-order valence-electron chi connectivity index (χ4n) is 1.53. The van der Waals surface area contributed by atoms with Crippen molar-refractivity contribution in [2.24, 2.45) is 5.73 Å². The third-order valence-electron chi connectivity index (χ3n) is 2.53. The van der Waals surface area contributed by atoms with Crippen molar-refractivity contribution in [1.29, 1.82) is 0 Å². The van der Waals surface area contributed by atoms with Gasteiger partial charge < -0.3 is 11.1 Å². The van der Waals surface area contributed by atoms with Gasteiger partial charge in [0, 0.05) is 10.5 Å². The van der Waals surface area contributed by atoms with Gasteiger partial charge in [-0.3, -0.25) is 4.79 Å². The van der Waals surface area contributed by atoms with Gasteiger partial charge in [0.25, 0.3) is 0 Å². The Morgan fingerprint density at radius 2 is 2.35 bits per heavy atom. The second-order valence-electron chi connectivity index (χ2n) is 4.30. The molecule has 1 amide bonds. The van der Waals surface area contributed by atoms with Crippen LogP contribution >= 0.6 is 15.9 Å². The van der Waals surface area contributed by atoms with Crippen molar-refractivity contribution in [1.82, 2.24) is 15.0 Å². The van der Waals surface area contributed by atoms with E-state index in [9.17, 15) is 9.18 Å². The number of carbonyl (C=O) groups excluding carboxylic acids is 1. The first kappa shape index (κ1) is 14.6. The fourth-order valence-corrected chi connectivity index (χ4v) is 1.86. The molecule has 0 saturated heterocycles. The van der Waals surface area contributed by atoms with E-state index >= 15 is 0 Å². The van der Waals surface area contributed by atoms with E-state index in [0.29, 0.717) is 10.2 Å². The zero-order valence-electron chi connectivity index (χ0n) is 10.7. The number of carbonyl (C=O) groups is 1. The van der Waals surface area contributed by atoms with E-state index in [4.69, 9.17) is 5.73 Å². The van der Waals surface area contributed by atoms with E-state index in [1.807, 2.05) is 0 Å². The first-order chi connectivity index (χ1) is 9.45. The molecule has 6 nitrogen and oxygen atoms in total. The van der Waals surface area contributed by atoms with Gasteiger partial charge in [-0.15, -0.1) is 5.10 Å². The standard InChI is InChI=1S/C12H13BrFN5O/c1-7(15)11-5-19(18-17-11)6-12(20)16-10-3-2-8(13)4-9(10)14/h2-5,7H,6,15H2,1H3,(H,16,20). The lowest BCUT2D eigenvalue weighted by Crippen LogP contribution is -2.19. The fraction of sp³-hybridized carbons (Fsp3) is 0.250. The zero-order valence-corrected chi connectivity index (χ0v) is 12.3. The quantitative estimate of drug-likeness (QED) is 0.888. The molecule has 0 aliphatic rings. The molecule has 0 spiro atoms. The summed E-state index contributed by atoms with van der Waals surface area (Å²) in [5, 5.41) is 10.1. The molecule has 2 aromatic rings. The van der Waals surface area contributed by atoms with Gasteiger partial charge in [0.15, 0.2) is 0 Å². The first-order valence-corrected chi connectivity index (χ1v) is 6.65. The highest BCUT2D eigenvalue weighted by Gasteiger charge is 2.10. The van der Waals surface area contributed by atoms with Crippen LogP contribution in [0.3, 0.4) is 0 Å². The Balaban J connectivity index is 2.01. The van der Waals surface area contributed by atoms with E-state index in [2.05, 4.69) is 31.6 Å². The van der Waals surface area contributed by atoms with Crippen LogP contribution in [0, 0.1) is 5.82 Å². The molecule has 1 heterocycles. The lowest BCUT2D eigenvalue weighted by atomic mass is 10.3. The lowest BCUT2D eigenvalue weighted by Gasteiger charge is -2.06. The summed E-state index contributed by atoms with van der Waals surface area (Å²) in [6, 6.07) is 4.14. The first-order valence-electron chi connectivity index (χ1n) is 5.86. The van der Waals surface area contributed by atoms with E-state index in [1.165, 1.54) is 16.8 Å². The van der Waals surface area contributed by atoms with Gasteiger partial charge in [-0.05, 0) is 25.1 Å². The Kier molecular flexibility index (Phi) is 4.46. The van der Waals surface area contributed by atoms with Gasteiger partial charge >= 0.3 is 0 Å². The Morgan fingerprint density at radius 1 is 1.60 bits per heavy atom. The predicted octanol–water partition coefficient (Wildman–Crippen LogP) is 1.84. The maximum atomic E-state index is 13.6. The number of nitrogens with one attached hydrogen (secondary N) is 1. The normalized spacial score (nSPS) is 12.2. The molecule has 0 radical (unpaired) electrons. The van der Waals surface area contributed by atoms with Crippen molar-refractivity contribution in [2.75, 3.05) is 5.32 Å². The maximum Gasteiger partial charge on any atom is 0.246 e. The third kappa shape index (κ3) is 3.61. The Hall–Kier alpha value is -1.80. The van der Waals surface area contributed by atoms with Crippen LogP contribution in [-0.2, 0) is 11.3 Å². The number of nitrogens with zero attached hydrogens (tertiary/aromatic N) is 3. The second-order valence-corrected chi connectivity index (χ2v) is 5.22. The van der Waals surface area contributed by atoms with Gasteiger partial charge in [0.05, 0.1) is 17.6 Å². The number of nitrogens with two attached hydrogens (primary N) is 1. The summed E-state index contributed by atoms with van der Waals surface area (Å²) in [5.41, 5.74) is 6.35. The van der Waals surface area contributed by atoms with E-state index < -0.39 is 11.7 Å². The maximum absolute atomic E-state index is 13.6. The topological polar surface area (TPSA) is 85.8 Å². The van der Waals surface area contributed by atoms with Crippen LogP contribution in [0.4, 0.5) is 10.1 Å². The van der Waals surface area contributed by atoms with Crippen molar-refractivity contribution >= 4 is 27.5 Å².